The van der Waals surface area contributed by atoms with E-state index in [2.05, 4.69) is 41.4 Å². The highest BCUT2D eigenvalue weighted by molar-refractivity contribution is 5.47. The maximum Gasteiger partial charge on any atom is 0.0604 e. The van der Waals surface area contributed by atoms with Gasteiger partial charge in [-0.3, -0.25) is 0 Å². The van der Waals surface area contributed by atoms with E-state index in [0.717, 1.165) is 13.2 Å². The predicted molar refractivity (Wildman–Crippen MR) is 87.8 cm³/mol. The average molecular weight is 288 g/mol. The van der Waals surface area contributed by atoms with E-state index in [1.54, 1.807) is 0 Å². The largest absolute Gasteiger partial charge is 0.378 e. The fraction of sp³-hybridized carbons (Fsp3) is 0.667. The molecule has 1 heterocycles. The summed E-state index contributed by atoms with van der Waals surface area (Å²) < 4.78 is 5.60. The first-order valence-corrected chi connectivity index (χ1v) is 8.54. The smallest absolute Gasteiger partial charge is 0.0604 e. The van der Waals surface area contributed by atoms with Gasteiger partial charge in [0.15, 0.2) is 0 Å². The number of benzene rings is 1. The first-order valence-electron chi connectivity index (χ1n) is 8.54. The summed E-state index contributed by atoms with van der Waals surface area (Å²) in [5.74, 6) is 0. The highest BCUT2D eigenvalue weighted by Gasteiger charge is 2.28. The minimum Gasteiger partial charge on any atom is -0.378 e. The number of ether oxygens (including phenoxy) is 1. The Labute approximate surface area is 128 Å². The van der Waals surface area contributed by atoms with Crippen LogP contribution < -0.4 is 10.2 Å². The normalized spacial score (nSPS) is 25.7. The molecule has 0 atom stereocenters. The van der Waals surface area contributed by atoms with Crippen LogP contribution in [0.3, 0.4) is 0 Å². The third-order valence-electron chi connectivity index (χ3n) is 4.75. The highest BCUT2D eigenvalue weighted by atomic mass is 16.5. The molecular weight excluding hydrogens is 260 g/mol. The van der Waals surface area contributed by atoms with Crippen molar-refractivity contribution in [3.05, 3.63) is 29.8 Å². The lowest BCUT2D eigenvalue weighted by Gasteiger charge is -2.35. The van der Waals surface area contributed by atoms with Gasteiger partial charge in [-0.1, -0.05) is 12.1 Å². The van der Waals surface area contributed by atoms with Gasteiger partial charge in [0.2, 0.25) is 0 Å². The van der Waals surface area contributed by atoms with Crippen LogP contribution in [0.5, 0.6) is 0 Å². The number of nitrogens with zero attached hydrogens (tertiary/aromatic N) is 1. The summed E-state index contributed by atoms with van der Waals surface area (Å²) in [6.45, 7) is 6.33. The van der Waals surface area contributed by atoms with Crippen LogP contribution in [0, 0.1) is 0 Å². The van der Waals surface area contributed by atoms with Crippen molar-refractivity contribution in [3.63, 3.8) is 0 Å². The van der Waals surface area contributed by atoms with Gasteiger partial charge in [-0.2, -0.15) is 0 Å². The molecule has 3 heteroatoms. The van der Waals surface area contributed by atoms with Gasteiger partial charge in [0.1, 0.15) is 0 Å². The van der Waals surface area contributed by atoms with Crippen molar-refractivity contribution in [2.75, 3.05) is 24.6 Å². The zero-order valence-corrected chi connectivity index (χ0v) is 13.2. The molecule has 2 fully saturated rings. The first-order chi connectivity index (χ1) is 10.3. The van der Waals surface area contributed by atoms with E-state index in [1.807, 2.05) is 0 Å². The van der Waals surface area contributed by atoms with Gasteiger partial charge < -0.3 is 15.0 Å². The lowest BCUT2D eigenvalue weighted by molar-refractivity contribution is -0.0102. The molecule has 0 unspecified atom stereocenters. The van der Waals surface area contributed by atoms with Gasteiger partial charge in [-0.15, -0.1) is 0 Å². The van der Waals surface area contributed by atoms with Crippen LogP contribution >= 0.6 is 0 Å². The molecule has 1 saturated carbocycles. The maximum atomic E-state index is 5.60. The van der Waals surface area contributed by atoms with Crippen molar-refractivity contribution in [2.24, 2.45) is 0 Å². The van der Waals surface area contributed by atoms with Crippen LogP contribution in [0.25, 0.3) is 0 Å². The molecule has 2 aliphatic rings. The Kier molecular flexibility index (Phi) is 5.15. The highest BCUT2D eigenvalue weighted by Crippen LogP contribution is 2.24. The third kappa shape index (κ3) is 3.98. The lowest BCUT2D eigenvalue weighted by atomic mass is 9.89. The van der Waals surface area contributed by atoms with Crippen LogP contribution in [-0.2, 0) is 11.3 Å². The van der Waals surface area contributed by atoms with E-state index in [-0.39, 0.29) is 0 Å². The summed E-state index contributed by atoms with van der Waals surface area (Å²) in [5.41, 5.74) is 2.77. The van der Waals surface area contributed by atoms with Crippen LogP contribution in [0.1, 0.15) is 44.6 Å². The molecule has 3 nitrogen and oxygen atoms in total. The van der Waals surface area contributed by atoms with Gasteiger partial charge in [0, 0.05) is 38.0 Å². The maximum absolute atomic E-state index is 5.60. The second-order valence-electron chi connectivity index (χ2n) is 6.34. The number of piperidine rings is 1. The van der Waals surface area contributed by atoms with Gasteiger partial charge in [-0.25, -0.2) is 0 Å². The first kappa shape index (κ1) is 14.9. The molecular formula is C18H28N2O. The van der Waals surface area contributed by atoms with Crippen LogP contribution in [0.15, 0.2) is 24.3 Å². The number of hydrogen-bond donors (Lipinski definition) is 1. The van der Waals surface area contributed by atoms with Crippen molar-refractivity contribution in [1.29, 1.82) is 0 Å². The van der Waals surface area contributed by atoms with Gasteiger partial charge in [0.25, 0.3) is 0 Å². The summed E-state index contributed by atoms with van der Waals surface area (Å²) in [5, 5.41) is 3.63. The van der Waals surface area contributed by atoms with Crippen molar-refractivity contribution in [1.82, 2.24) is 5.32 Å². The van der Waals surface area contributed by atoms with Gasteiger partial charge in [-0.05, 0) is 56.7 Å². The Bertz CT molecular complexity index is 419. The Balaban J connectivity index is 1.42. The number of rotatable bonds is 6. The monoisotopic (exact) mass is 288 g/mol. The number of nitrogens with one attached hydrogen (secondary N) is 1. The zero-order valence-electron chi connectivity index (χ0n) is 13.2. The molecule has 0 radical (unpaired) electrons. The van der Waals surface area contributed by atoms with Crippen LogP contribution in [-0.4, -0.2) is 31.8 Å². The Morgan fingerprint density at radius 2 is 1.81 bits per heavy atom. The number of anilines is 1. The summed E-state index contributed by atoms with van der Waals surface area (Å²) >= 11 is 0. The Morgan fingerprint density at radius 1 is 1.10 bits per heavy atom. The van der Waals surface area contributed by atoms with E-state index in [0.29, 0.717) is 12.1 Å². The second-order valence-corrected chi connectivity index (χ2v) is 6.34. The molecule has 1 aromatic rings. The van der Waals surface area contributed by atoms with Crippen molar-refractivity contribution in [2.45, 2.75) is 57.7 Å². The molecule has 116 valence electrons. The molecule has 1 N–H and O–H groups in total. The van der Waals surface area contributed by atoms with Crippen LogP contribution in [0.4, 0.5) is 5.69 Å². The molecule has 0 bridgehead atoms. The lowest BCUT2D eigenvalue weighted by Crippen LogP contribution is -2.45. The fourth-order valence-electron chi connectivity index (χ4n) is 3.34. The standard InChI is InChI=1S/C18H28N2O/c1-2-21-18-12-16(13-18)19-14-15-6-8-17(9-7-15)20-10-4-3-5-11-20/h6-9,16,18-19H,2-5,10-14H2,1H3. The number of hydrogen-bond acceptors (Lipinski definition) is 3. The molecule has 1 aliphatic carbocycles. The third-order valence-corrected chi connectivity index (χ3v) is 4.75. The van der Waals surface area contributed by atoms with Crippen LogP contribution in [0.2, 0.25) is 0 Å². The average Bonchev–Trinajstić information content (AvgIpc) is 2.51. The summed E-state index contributed by atoms with van der Waals surface area (Å²) in [6.07, 6.45) is 6.90. The molecule has 21 heavy (non-hydrogen) atoms. The minimum atomic E-state index is 0.494. The molecule has 0 amide bonds. The summed E-state index contributed by atoms with van der Waals surface area (Å²) in [4.78, 5) is 2.51. The summed E-state index contributed by atoms with van der Waals surface area (Å²) in [7, 11) is 0. The minimum absolute atomic E-state index is 0.494. The molecule has 3 rings (SSSR count). The molecule has 0 aromatic heterocycles. The van der Waals surface area contributed by atoms with E-state index < -0.39 is 0 Å². The molecule has 1 aliphatic heterocycles. The second kappa shape index (κ2) is 7.28. The van der Waals surface area contributed by atoms with Crippen molar-refractivity contribution >= 4 is 5.69 Å². The van der Waals surface area contributed by atoms with E-state index in [1.165, 1.54) is 56.4 Å². The Morgan fingerprint density at radius 3 is 2.48 bits per heavy atom. The van der Waals surface area contributed by atoms with E-state index in [9.17, 15) is 0 Å². The Hall–Kier alpha value is -1.06. The van der Waals surface area contributed by atoms with Crippen molar-refractivity contribution in [3.8, 4) is 0 Å². The van der Waals surface area contributed by atoms with Crippen molar-refractivity contribution < 1.29 is 4.74 Å². The molecule has 1 saturated heterocycles. The van der Waals surface area contributed by atoms with E-state index >= 15 is 0 Å². The summed E-state index contributed by atoms with van der Waals surface area (Å²) in [6, 6.07) is 9.76. The van der Waals surface area contributed by atoms with Gasteiger partial charge >= 0.3 is 0 Å². The molecule has 1 aromatic carbocycles. The predicted octanol–water partition coefficient (Wildman–Crippen LogP) is 3.33. The molecule has 0 spiro atoms. The SMILES string of the molecule is CCOC1CC(NCc2ccc(N3CCCCC3)cc2)C1. The topological polar surface area (TPSA) is 24.5 Å². The van der Waals surface area contributed by atoms with Gasteiger partial charge in [0.05, 0.1) is 6.10 Å². The zero-order chi connectivity index (χ0) is 14.5. The fourth-order valence-corrected chi connectivity index (χ4v) is 3.34. The quantitative estimate of drug-likeness (QED) is 0.869. The van der Waals surface area contributed by atoms with E-state index in [4.69, 9.17) is 4.74 Å².